The largest absolute Gasteiger partial charge is 0.573 e. The van der Waals surface area contributed by atoms with E-state index in [9.17, 15) is 32.9 Å². The molecule has 2 aromatic carbocycles. The van der Waals surface area contributed by atoms with Crippen molar-refractivity contribution in [3.8, 4) is 5.75 Å². The molecule has 152 valence electrons. The molecule has 3 amide bonds. The Morgan fingerprint density at radius 2 is 1.83 bits per heavy atom. The summed E-state index contributed by atoms with van der Waals surface area (Å²) in [4.78, 5) is 36.4. The van der Waals surface area contributed by atoms with Crippen LogP contribution in [0.2, 0.25) is 0 Å². The van der Waals surface area contributed by atoms with Gasteiger partial charge in [0.2, 0.25) is 0 Å². The van der Waals surface area contributed by atoms with Gasteiger partial charge in [0.05, 0.1) is 11.5 Å². The summed E-state index contributed by atoms with van der Waals surface area (Å²) in [5.41, 5.74) is -1.06. The molecule has 1 saturated heterocycles. The molecule has 1 N–H and O–H groups in total. The van der Waals surface area contributed by atoms with Crippen LogP contribution in [0.15, 0.2) is 48.5 Å². The van der Waals surface area contributed by atoms with Crippen LogP contribution < -0.4 is 10.1 Å². The number of hydrogen-bond donors (Lipinski definition) is 1. The second-order valence-electron chi connectivity index (χ2n) is 6.45. The summed E-state index contributed by atoms with van der Waals surface area (Å²) in [6.07, 6.45) is -4.85. The van der Waals surface area contributed by atoms with Gasteiger partial charge in [-0.15, -0.1) is 13.2 Å². The molecule has 1 aliphatic rings. The summed E-state index contributed by atoms with van der Waals surface area (Å²) in [6.45, 7) is 1.22. The van der Waals surface area contributed by atoms with Gasteiger partial charge in [-0.3, -0.25) is 19.8 Å². The van der Waals surface area contributed by atoms with Crippen LogP contribution in [0.1, 0.15) is 18.1 Å². The predicted octanol–water partition coefficient (Wildman–Crippen LogP) is 3.46. The number of ether oxygens (including phenoxy) is 1. The Labute approximate surface area is 162 Å². The van der Waals surface area contributed by atoms with Gasteiger partial charge in [0.25, 0.3) is 11.6 Å². The zero-order valence-corrected chi connectivity index (χ0v) is 14.9. The van der Waals surface area contributed by atoms with E-state index in [1.807, 2.05) is 0 Å². The first-order valence-corrected chi connectivity index (χ1v) is 8.23. The molecule has 8 nitrogen and oxygen atoms in total. The van der Waals surface area contributed by atoms with E-state index < -0.39 is 34.5 Å². The maximum Gasteiger partial charge on any atom is 0.573 e. The van der Waals surface area contributed by atoms with Crippen molar-refractivity contribution >= 4 is 17.6 Å². The van der Waals surface area contributed by atoms with Gasteiger partial charge in [0, 0.05) is 12.1 Å². The number of nitrogens with zero attached hydrogens (tertiary/aromatic N) is 2. The maximum absolute atomic E-state index is 12.9. The average Bonchev–Trinajstić information content (AvgIpc) is 2.85. The fourth-order valence-corrected chi connectivity index (χ4v) is 2.98. The van der Waals surface area contributed by atoms with Crippen LogP contribution in [0.25, 0.3) is 0 Å². The molecular formula is C18H14F3N3O5. The second-order valence-corrected chi connectivity index (χ2v) is 6.45. The molecule has 1 unspecified atom stereocenters. The first kappa shape index (κ1) is 20.1. The lowest BCUT2D eigenvalue weighted by Gasteiger charge is -2.22. The normalized spacial score (nSPS) is 19.2. The molecule has 2 aromatic rings. The Morgan fingerprint density at radius 1 is 1.17 bits per heavy atom. The molecule has 11 heteroatoms. The maximum atomic E-state index is 12.9. The monoisotopic (exact) mass is 409 g/mol. The summed E-state index contributed by atoms with van der Waals surface area (Å²) < 4.78 is 40.7. The van der Waals surface area contributed by atoms with E-state index in [0.29, 0.717) is 5.56 Å². The fraction of sp³-hybridized carbons (Fsp3) is 0.222. The topological polar surface area (TPSA) is 102 Å². The Balaban J connectivity index is 1.82. The molecule has 1 fully saturated rings. The minimum absolute atomic E-state index is 0.183. The van der Waals surface area contributed by atoms with E-state index in [1.54, 1.807) is 0 Å². The van der Waals surface area contributed by atoms with Crippen molar-refractivity contribution in [3.05, 3.63) is 69.8 Å². The number of non-ortho nitro benzene ring substituents is 1. The number of benzene rings is 2. The number of nitro benzene ring substituents is 1. The highest BCUT2D eigenvalue weighted by molar-refractivity contribution is 6.07. The smallest absolute Gasteiger partial charge is 0.406 e. The minimum atomic E-state index is -4.85. The SMILES string of the molecule is CC1(c2ccc(OC(F)(F)F)cc2)NC(=O)N(Cc2cccc([N+](=O)[O-])c2)C1=O. The first-order valence-electron chi connectivity index (χ1n) is 8.23. The van der Waals surface area contributed by atoms with Crippen LogP contribution in [-0.2, 0) is 16.9 Å². The Morgan fingerprint density at radius 3 is 2.41 bits per heavy atom. The number of carbonyl (C=O) groups is 2. The number of carbonyl (C=O) groups excluding carboxylic acids is 2. The van der Waals surface area contributed by atoms with Crippen LogP contribution in [0, 0.1) is 10.1 Å². The summed E-state index contributed by atoms with van der Waals surface area (Å²) in [5, 5.41) is 13.4. The van der Waals surface area contributed by atoms with Gasteiger partial charge in [-0.05, 0) is 30.2 Å². The molecule has 29 heavy (non-hydrogen) atoms. The van der Waals surface area contributed by atoms with Gasteiger partial charge < -0.3 is 10.1 Å². The second kappa shape index (κ2) is 7.08. The number of nitro groups is 1. The van der Waals surface area contributed by atoms with E-state index >= 15 is 0 Å². The molecule has 1 atom stereocenters. The highest BCUT2D eigenvalue weighted by Gasteiger charge is 2.49. The third-order valence-corrected chi connectivity index (χ3v) is 4.40. The van der Waals surface area contributed by atoms with Gasteiger partial charge in [-0.25, -0.2) is 4.79 Å². The number of hydrogen-bond acceptors (Lipinski definition) is 5. The molecule has 0 saturated carbocycles. The van der Waals surface area contributed by atoms with Crippen LogP contribution in [0.4, 0.5) is 23.7 Å². The van der Waals surface area contributed by atoms with Gasteiger partial charge in [0.1, 0.15) is 11.3 Å². The molecule has 0 bridgehead atoms. The number of alkyl halides is 3. The number of halogens is 3. The molecule has 1 aliphatic heterocycles. The number of amides is 3. The summed E-state index contributed by atoms with van der Waals surface area (Å²) in [7, 11) is 0. The van der Waals surface area contributed by atoms with Gasteiger partial charge in [-0.1, -0.05) is 24.3 Å². The summed E-state index contributed by atoms with van der Waals surface area (Å²) in [5.74, 6) is -1.10. The van der Waals surface area contributed by atoms with Crippen LogP contribution in [0.5, 0.6) is 5.75 Å². The van der Waals surface area contributed by atoms with Crippen LogP contribution >= 0.6 is 0 Å². The lowest BCUT2D eigenvalue weighted by molar-refractivity contribution is -0.384. The van der Waals surface area contributed by atoms with E-state index in [4.69, 9.17) is 0 Å². The van der Waals surface area contributed by atoms with Crippen molar-refractivity contribution < 1.29 is 32.4 Å². The minimum Gasteiger partial charge on any atom is -0.406 e. The highest BCUT2D eigenvalue weighted by Crippen LogP contribution is 2.32. The van der Waals surface area contributed by atoms with Crippen molar-refractivity contribution in [2.24, 2.45) is 0 Å². The molecule has 0 aliphatic carbocycles. The third kappa shape index (κ3) is 4.13. The van der Waals surface area contributed by atoms with Crippen molar-refractivity contribution in [3.63, 3.8) is 0 Å². The molecule has 3 rings (SSSR count). The zero-order chi connectivity index (χ0) is 21.4. The quantitative estimate of drug-likeness (QED) is 0.463. The van der Waals surface area contributed by atoms with E-state index in [2.05, 4.69) is 10.1 Å². The van der Waals surface area contributed by atoms with Crippen molar-refractivity contribution in [1.82, 2.24) is 10.2 Å². The Bertz CT molecular complexity index is 977. The average molecular weight is 409 g/mol. The molecule has 0 spiro atoms. The highest BCUT2D eigenvalue weighted by atomic mass is 19.4. The third-order valence-electron chi connectivity index (χ3n) is 4.40. The van der Waals surface area contributed by atoms with Gasteiger partial charge >= 0.3 is 12.4 Å². The van der Waals surface area contributed by atoms with Crippen molar-refractivity contribution in [2.75, 3.05) is 0 Å². The van der Waals surface area contributed by atoms with Crippen molar-refractivity contribution in [1.29, 1.82) is 0 Å². The lowest BCUT2D eigenvalue weighted by atomic mass is 9.92. The predicted molar refractivity (Wildman–Crippen MR) is 92.7 cm³/mol. The molecular weight excluding hydrogens is 395 g/mol. The van der Waals surface area contributed by atoms with Crippen LogP contribution in [-0.4, -0.2) is 28.1 Å². The van der Waals surface area contributed by atoms with Crippen LogP contribution in [0.3, 0.4) is 0 Å². The standard InChI is InChI=1S/C18H14F3N3O5/c1-17(12-5-7-14(8-6-12)29-18(19,20)21)15(25)23(16(26)22-17)10-11-3-2-4-13(9-11)24(27)28/h2-9H,10H2,1H3,(H,22,26). The summed E-state index contributed by atoms with van der Waals surface area (Å²) >= 11 is 0. The number of urea groups is 1. The first-order chi connectivity index (χ1) is 13.5. The molecule has 0 radical (unpaired) electrons. The number of imide groups is 1. The van der Waals surface area contributed by atoms with Gasteiger partial charge in [0.15, 0.2) is 0 Å². The zero-order valence-electron chi connectivity index (χ0n) is 14.9. The van der Waals surface area contributed by atoms with E-state index in [-0.39, 0.29) is 17.8 Å². The number of rotatable bonds is 5. The van der Waals surface area contributed by atoms with Gasteiger partial charge in [-0.2, -0.15) is 0 Å². The Kier molecular flexibility index (Phi) is 4.91. The molecule has 1 heterocycles. The van der Waals surface area contributed by atoms with Crippen molar-refractivity contribution in [2.45, 2.75) is 25.4 Å². The fourth-order valence-electron chi connectivity index (χ4n) is 2.98. The number of nitrogens with one attached hydrogen (secondary N) is 1. The van der Waals surface area contributed by atoms with E-state index in [1.165, 1.54) is 43.3 Å². The molecule has 0 aromatic heterocycles. The lowest BCUT2D eigenvalue weighted by Crippen LogP contribution is -2.40. The van der Waals surface area contributed by atoms with E-state index in [0.717, 1.165) is 17.0 Å². The Hall–Kier alpha value is -3.63. The summed E-state index contributed by atoms with van der Waals surface area (Å²) in [6, 6.07) is 9.35.